The number of hydrogen-bond acceptors (Lipinski definition) is 4. The van der Waals surface area contributed by atoms with Gasteiger partial charge in [0.15, 0.2) is 0 Å². The molecule has 2 unspecified atom stereocenters. The van der Waals surface area contributed by atoms with Crippen molar-refractivity contribution in [2.45, 2.75) is 167 Å². The Morgan fingerprint density at radius 3 is 1.54 bits per heavy atom. The number of carbonyl (C=O) groups is 1. The minimum absolute atomic E-state index is 0.287. The lowest BCUT2D eigenvalue weighted by Crippen LogP contribution is -2.46. The van der Waals surface area contributed by atoms with E-state index < -0.39 is 28.0 Å². The Kier molecular flexibility index (Phi) is 27.7. The van der Waals surface area contributed by atoms with Crippen LogP contribution in [0, 0.1) is 0 Å². The molecule has 0 heterocycles. The van der Waals surface area contributed by atoms with Crippen LogP contribution in [0.15, 0.2) is 36.5 Å². The van der Waals surface area contributed by atoms with E-state index in [1.54, 1.807) is 6.08 Å². The SMILES string of the molecule is C/C=C/CC/C=C/CC/C=C/C(O)C(CS(=O)(=O)O)NC(=O)CCCCCCCCCCCCCCCCCCC. The van der Waals surface area contributed by atoms with Crippen molar-refractivity contribution in [1.29, 1.82) is 0 Å². The molecular weight excluding hydrogens is 534 g/mol. The zero-order valence-electron chi connectivity index (χ0n) is 26.4. The highest BCUT2D eigenvalue weighted by molar-refractivity contribution is 7.85. The van der Waals surface area contributed by atoms with Gasteiger partial charge in [0.1, 0.15) is 0 Å². The third kappa shape index (κ3) is 29.8. The van der Waals surface area contributed by atoms with Gasteiger partial charge in [-0.2, -0.15) is 8.42 Å². The van der Waals surface area contributed by atoms with Crippen molar-refractivity contribution >= 4 is 16.0 Å². The van der Waals surface area contributed by atoms with Gasteiger partial charge >= 0.3 is 0 Å². The molecule has 41 heavy (non-hydrogen) atoms. The molecule has 0 saturated carbocycles. The van der Waals surface area contributed by atoms with Crippen molar-refractivity contribution in [2.75, 3.05) is 5.75 Å². The summed E-state index contributed by atoms with van der Waals surface area (Å²) in [5.74, 6) is -1.01. The Bertz CT molecular complexity index is 791. The molecular formula is C34H63NO5S. The molecule has 0 bridgehead atoms. The van der Waals surface area contributed by atoms with Gasteiger partial charge in [0.05, 0.1) is 17.9 Å². The number of allylic oxidation sites excluding steroid dienone is 5. The fourth-order valence-electron chi connectivity index (χ4n) is 4.90. The lowest BCUT2D eigenvalue weighted by molar-refractivity contribution is -0.122. The van der Waals surface area contributed by atoms with Crippen LogP contribution in [0.2, 0.25) is 0 Å². The second kappa shape index (κ2) is 28.7. The third-order valence-corrected chi connectivity index (χ3v) is 8.17. The second-order valence-corrected chi connectivity index (χ2v) is 12.9. The van der Waals surface area contributed by atoms with E-state index in [-0.39, 0.29) is 12.3 Å². The van der Waals surface area contributed by atoms with Crippen molar-refractivity contribution < 1.29 is 22.9 Å². The Labute approximate surface area is 253 Å². The van der Waals surface area contributed by atoms with Crippen LogP contribution in [-0.4, -0.2) is 41.9 Å². The molecule has 0 aliphatic rings. The molecule has 6 nitrogen and oxygen atoms in total. The Morgan fingerprint density at radius 1 is 0.683 bits per heavy atom. The van der Waals surface area contributed by atoms with E-state index in [0.717, 1.165) is 38.5 Å². The Hall–Kier alpha value is -1.44. The predicted molar refractivity (Wildman–Crippen MR) is 175 cm³/mol. The standard InChI is InChI=1S/C34H63NO5S/c1-3-5-7-9-11-13-14-15-16-17-18-19-20-22-24-26-28-30-34(37)35-32(31-41(38,39)40)33(36)29-27-25-23-21-12-10-8-6-4-2/h4,6,12,21,27,29,32-33,36H,3,5,7-11,13-20,22-26,28,30-31H2,1-2H3,(H,35,37)(H,38,39,40)/b6-4+,21-12+,29-27+. The lowest BCUT2D eigenvalue weighted by atomic mass is 10.0. The smallest absolute Gasteiger partial charge is 0.267 e. The first-order valence-electron chi connectivity index (χ1n) is 16.7. The summed E-state index contributed by atoms with van der Waals surface area (Å²) in [6.45, 7) is 4.26. The Morgan fingerprint density at radius 2 is 1.10 bits per heavy atom. The molecule has 0 radical (unpaired) electrons. The van der Waals surface area contributed by atoms with Gasteiger partial charge in [-0.3, -0.25) is 9.35 Å². The van der Waals surface area contributed by atoms with Crippen LogP contribution >= 0.6 is 0 Å². The molecule has 3 N–H and O–H groups in total. The van der Waals surface area contributed by atoms with Gasteiger partial charge in [-0.25, -0.2) is 0 Å². The average Bonchev–Trinajstić information content (AvgIpc) is 2.92. The van der Waals surface area contributed by atoms with E-state index in [0.29, 0.717) is 6.42 Å². The van der Waals surface area contributed by atoms with Gasteiger partial charge in [0, 0.05) is 6.42 Å². The van der Waals surface area contributed by atoms with E-state index in [4.69, 9.17) is 0 Å². The number of unbranched alkanes of at least 4 members (excludes halogenated alkanes) is 18. The fraction of sp³-hybridized carbons (Fsp3) is 0.794. The van der Waals surface area contributed by atoms with Crippen molar-refractivity contribution in [3.63, 3.8) is 0 Å². The molecule has 1 amide bonds. The number of aliphatic hydroxyl groups is 1. The summed E-state index contributed by atoms with van der Waals surface area (Å²) < 4.78 is 32.1. The van der Waals surface area contributed by atoms with Crippen LogP contribution in [0.3, 0.4) is 0 Å². The largest absolute Gasteiger partial charge is 0.387 e. The van der Waals surface area contributed by atoms with E-state index in [1.807, 2.05) is 13.0 Å². The highest BCUT2D eigenvalue weighted by Crippen LogP contribution is 2.14. The first kappa shape index (κ1) is 39.6. The molecule has 0 aliphatic carbocycles. The van der Waals surface area contributed by atoms with Crippen LogP contribution in [-0.2, 0) is 14.9 Å². The molecule has 0 fully saturated rings. The van der Waals surface area contributed by atoms with Crippen LogP contribution in [0.1, 0.15) is 155 Å². The average molecular weight is 598 g/mol. The van der Waals surface area contributed by atoms with Gasteiger partial charge < -0.3 is 10.4 Å². The minimum atomic E-state index is -4.34. The summed E-state index contributed by atoms with van der Waals surface area (Å²) in [6, 6.07) is -1.07. The molecule has 0 aromatic rings. The molecule has 0 aromatic heterocycles. The summed E-state index contributed by atoms with van der Waals surface area (Å²) in [4.78, 5) is 12.4. The van der Waals surface area contributed by atoms with E-state index in [9.17, 15) is 22.9 Å². The number of rotatable bonds is 29. The first-order chi connectivity index (χ1) is 19.8. The maximum absolute atomic E-state index is 12.4. The number of hydrogen-bond donors (Lipinski definition) is 3. The normalized spacial score (nSPS) is 14.0. The van der Waals surface area contributed by atoms with Gasteiger partial charge in [-0.15, -0.1) is 0 Å². The third-order valence-electron chi connectivity index (χ3n) is 7.39. The highest BCUT2D eigenvalue weighted by Gasteiger charge is 2.24. The molecule has 2 atom stereocenters. The van der Waals surface area contributed by atoms with Gasteiger partial charge in [0.25, 0.3) is 10.1 Å². The number of amides is 1. The Balaban J connectivity index is 3.96. The second-order valence-electron chi connectivity index (χ2n) is 11.4. The topological polar surface area (TPSA) is 104 Å². The molecule has 0 spiro atoms. The van der Waals surface area contributed by atoms with Crippen LogP contribution in [0.25, 0.3) is 0 Å². The van der Waals surface area contributed by atoms with Gasteiger partial charge in [-0.05, 0) is 39.0 Å². The van der Waals surface area contributed by atoms with Crippen LogP contribution in [0.5, 0.6) is 0 Å². The summed E-state index contributed by atoms with van der Waals surface area (Å²) in [6.07, 6.45) is 35.8. The van der Waals surface area contributed by atoms with Crippen LogP contribution in [0.4, 0.5) is 0 Å². The van der Waals surface area contributed by atoms with Crippen molar-refractivity contribution in [2.24, 2.45) is 0 Å². The lowest BCUT2D eigenvalue weighted by Gasteiger charge is -2.21. The summed E-state index contributed by atoms with van der Waals surface area (Å²) >= 11 is 0. The molecule has 0 rings (SSSR count). The van der Waals surface area contributed by atoms with E-state index >= 15 is 0 Å². The maximum atomic E-state index is 12.4. The summed E-state index contributed by atoms with van der Waals surface area (Å²) in [5, 5.41) is 13.0. The quantitative estimate of drug-likeness (QED) is 0.0453. The van der Waals surface area contributed by atoms with Crippen molar-refractivity contribution in [3.05, 3.63) is 36.5 Å². The number of nitrogens with one attached hydrogen (secondary N) is 1. The summed E-state index contributed by atoms with van der Waals surface area (Å²) in [7, 11) is -4.34. The first-order valence-corrected chi connectivity index (χ1v) is 18.3. The monoisotopic (exact) mass is 597 g/mol. The molecule has 0 aliphatic heterocycles. The molecule has 7 heteroatoms. The molecule has 0 saturated heterocycles. The minimum Gasteiger partial charge on any atom is -0.387 e. The van der Waals surface area contributed by atoms with Crippen LogP contribution < -0.4 is 5.32 Å². The fourth-order valence-corrected chi connectivity index (χ4v) is 5.63. The molecule has 240 valence electrons. The maximum Gasteiger partial charge on any atom is 0.267 e. The van der Waals surface area contributed by atoms with Crippen molar-refractivity contribution in [1.82, 2.24) is 5.32 Å². The number of aliphatic hydroxyl groups excluding tert-OH is 1. The van der Waals surface area contributed by atoms with Gasteiger partial charge in [0.2, 0.25) is 5.91 Å². The predicted octanol–water partition coefficient (Wildman–Crippen LogP) is 9.01. The number of carbonyl (C=O) groups excluding carboxylic acids is 1. The summed E-state index contributed by atoms with van der Waals surface area (Å²) in [5.41, 5.74) is 0. The zero-order chi connectivity index (χ0) is 30.4. The molecule has 0 aromatic carbocycles. The van der Waals surface area contributed by atoms with Crippen molar-refractivity contribution in [3.8, 4) is 0 Å². The van der Waals surface area contributed by atoms with Gasteiger partial charge in [-0.1, -0.05) is 146 Å². The van der Waals surface area contributed by atoms with E-state index in [1.165, 1.54) is 96.0 Å². The van der Waals surface area contributed by atoms with E-state index in [2.05, 4.69) is 30.5 Å². The highest BCUT2D eigenvalue weighted by atomic mass is 32.2. The zero-order valence-corrected chi connectivity index (χ0v) is 27.2.